The van der Waals surface area contributed by atoms with E-state index in [4.69, 9.17) is 9.47 Å². The Kier molecular flexibility index (Phi) is 5.33. The molecule has 28 heavy (non-hydrogen) atoms. The van der Waals surface area contributed by atoms with Crippen molar-refractivity contribution in [1.29, 1.82) is 0 Å². The van der Waals surface area contributed by atoms with Crippen LogP contribution in [0.5, 0.6) is 11.5 Å². The van der Waals surface area contributed by atoms with Crippen LogP contribution >= 0.6 is 0 Å². The molecular weight excluding hydrogens is 350 g/mol. The van der Waals surface area contributed by atoms with Gasteiger partial charge in [-0.15, -0.1) is 0 Å². The summed E-state index contributed by atoms with van der Waals surface area (Å²) < 4.78 is 13.5. The lowest BCUT2D eigenvalue weighted by atomic mass is 10.1. The van der Waals surface area contributed by atoms with Gasteiger partial charge >= 0.3 is 0 Å². The average molecular weight is 371 g/mol. The first-order valence-corrected chi connectivity index (χ1v) is 9.10. The van der Waals surface area contributed by atoms with E-state index in [0.29, 0.717) is 13.2 Å². The Labute approximate surface area is 164 Å². The van der Waals surface area contributed by atoms with Gasteiger partial charge in [-0.1, -0.05) is 36.4 Å². The zero-order valence-electron chi connectivity index (χ0n) is 15.7. The highest BCUT2D eigenvalue weighted by Crippen LogP contribution is 2.34. The molecule has 0 amide bonds. The summed E-state index contributed by atoms with van der Waals surface area (Å²) in [5, 5.41) is 4.48. The van der Waals surface area contributed by atoms with E-state index in [1.807, 2.05) is 65.3 Å². The van der Waals surface area contributed by atoms with Gasteiger partial charge in [0.15, 0.2) is 0 Å². The van der Waals surface area contributed by atoms with Crippen molar-refractivity contribution in [2.24, 2.45) is 0 Å². The Morgan fingerprint density at radius 2 is 1.75 bits per heavy atom. The molecule has 0 bridgehead atoms. The predicted molar refractivity (Wildman–Crippen MR) is 108 cm³/mol. The van der Waals surface area contributed by atoms with Gasteiger partial charge in [-0.25, -0.2) is 0 Å². The van der Waals surface area contributed by atoms with E-state index in [2.05, 4.69) is 22.2 Å². The highest BCUT2D eigenvalue weighted by molar-refractivity contribution is 5.69. The monoisotopic (exact) mass is 371 g/mol. The molecule has 0 atom stereocenters. The molecular formula is C23H21N3O2. The van der Waals surface area contributed by atoms with Crippen LogP contribution in [-0.2, 0) is 13.2 Å². The van der Waals surface area contributed by atoms with Crippen LogP contribution in [-0.4, -0.2) is 21.9 Å². The van der Waals surface area contributed by atoms with Crippen molar-refractivity contribution in [3.05, 3.63) is 96.4 Å². The van der Waals surface area contributed by atoms with Crippen molar-refractivity contribution < 1.29 is 9.47 Å². The van der Waals surface area contributed by atoms with Gasteiger partial charge in [-0.05, 0) is 42.0 Å². The van der Waals surface area contributed by atoms with Gasteiger partial charge in [0.1, 0.15) is 18.1 Å². The number of rotatable bonds is 7. The van der Waals surface area contributed by atoms with E-state index in [9.17, 15) is 0 Å². The first-order chi connectivity index (χ1) is 13.8. The summed E-state index contributed by atoms with van der Waals surface area (Å²) in [6, 6.07) is 23.8. The maximum absolute atomic E-state index is 6.14. The van der Waals surface area contributed by atoms with Crippen LogP contribution in [0.1, 0.15) is 11.3 Å². The van der Waals surface area contributed by atoms with Crippen molar-refractivity contribution in [3.63, 3.8) is 0 Å². The molecule has 0 aliphatic heterocycles. The Hall–Kier alpha value is -3.60. The van der Waals surface area contributed by atoms with Crippen LogP contribution in [0.4, 0.5) is 0 Å². The van der Waals surface area contributed by atoms with Gasteiger partial charge in [0.2, 0.25) is 0 Å². The number of pyridine rings is 1. The van der Waals surface area contributed by atoms with E-state index < -0.39 is 0 Å². The second-order valence-electron chi connectivity index (χ2n) is 6.33. The Bertz CT molecular complexity index is 1030. The van der Waals surface area contributed by atoms with E-state index in [1.165, 1.54) is 0 Å². The third kappa shape index (κ3) is 4.04. The van der Waals surface area contributed by atoms with Crippen molar-refractivity contribution >= 4 is 0 Å². The van der Waals surface area contributed by atoms with Crippen LogP contribution in [0, 0.1) is 0 Å². The highest BCUT2D eigenvalue weighted by Gasteiger charge is 2.14. The predicted octanol–water partition coefficient (Wildman–Crippen LogP) is 4.58. The molecule has 140 valence electrons. The summed E-state index contributed by atoms with van der Waals surface area (Å²) in [4.78, 5) is 4.40. The lowest BCUT2D eigenvalue weighted by Crippen LogP contribution is -2.06. The molecule has 0 radical (unpaired) electrons. The molecule has 5 heteroatoms. The smallest absolute Gasteiger partial charge is 0.129 e. The van der Waals surface area contributed by atoms with E-state index in [0.717, 1.165) is 34.0 Å². The van der Waals surface area contributed by atoms with Gasteiger partial charge in [-0.2, -0.15) is 5.10 Å². The SMILES string of the molecule is COc1ccc(OCc2ccccc2)c(-c2ccnn2Cc2ccccn2)c1. The van der Waals surface area contributed by atoms with Crippen molar-refractivity contribution in [1.82, 2.24) is 14.8 Å². The third-order valence-electron chi connectivity index (χ3n) is 4.45. The molecule has 4 rings (SSSR count). The van der Waals surface area contributed by atoms with Gasteiger partial charge in [0.25, 0.3) is 0 Å². The highest BCUT2D eigenvalue weighted by atomic mass is 16.5. The summed E-state index contributed by atoms with van der Waals surface area (Å²) in [6.45, 7) is 1.08. The lowest BCUT2D eigenvalue weighted by molar-refractivity contribution is 0.306. The fourth-order valence-corrected chi connectivity index (χ4v) is 3.03. The molecule has 0 unspecified atom stereocenters. The number of benzene rings is 2. The van der Waals surface area contributed by atoms with Crippen LogP contribution in [0.2, 0.25) is 0 Å². The van der Waals surface area contributed by atoms with E-state index in [1.54, 1.807) is 19.5 Å². The number of methoxy groups -OCH3 is 1. The summed E-state index contributed by atoms with van der Waals surface area (Å²) in [7, 11) is 1.66. The first-order valence-electron chi connectivity index (χ1n) is 9.10. The zero-order chi connectivity index (χ0) is 19.2. The normalized spacial score (nSPS) is 10.6. The third-order valence-corrected chi connectivity index (χ3v) is 4.45. The number of ether oxygens (including phenoxy) is 2. The second kappa shape index (κ2) is 8.39. The van der Waals surface area contributed by atoms with E-state index >= 15 is 0 Å². The van der Waals surface area contributed by atoms with Crippen molar-refractivity contribution in [2.45, 2.75) is 13.2 Å². The fraction of sp³-hybridized carbons (Fsp3) is 0.130. The lowest BCUT2D eigenvalue weighted by Gasteiger charge is -2.14. The minimum absolute atomic E-state index is 0.495. The molecule has 0 aliphatic carbocycles. The second-order valence-corrected chi connectivity index (χ2v) is 6.33. The molecule has 0 saturated carbocycles. The number of aromatic nitrogens is 3. The average Bonchev–Trinajstić information content (AvgIpc) is 3.21. The molecule has 2 aromatic heterocycles. The summed E-state index contributed by atoms with van der Waals surface area (Å²) in [5.74, 6) is 1.56. The van der Waals surface area contributed by atoms with Gasteiger partial charge < -0.3 is 9.47 Å². The topological polar surface area (TPSA) is 49.2 Å². The number of nitrogens with zero attached hydrogens (tertiary/aromatic N) is 3. The molecule has 5 nitrogen and oxygen atoms in total. The van der Waals surface area contributed by atoms with Crippen LogP contribution in [0.3, 0.4) is 0 Å². The zero-order valence-corrected chi connectivity index (χ0v) is 15.7. The molecule has 0 spiro atoms. The summed E-state index contributed by atoms with van der Waals surface area (Å²) >= 11 is 0. The molecule has 0 N–H and O–H groups in total. The maximum Gasteiger partial charge on any atom is 0.129 e. The molecule has 0 aliphatic rings. The molecule has 0 fully saturated rings. The van der Waals surface area contributed by atoms with Gasteiger partial charge in [0.05, 0.1) is 25.0 Å². The van der Waals surface area contributed by atoms with E-state index in [-0.39, 0.29) is 0 Å². The minimum atomic E-state index is 0.495. The Morgan fingerprint density at radius 1 is 0.893 bits per heavy atom. The van der Waals surface area contributed by atoms with Crippen LogP contribution in [0.15, 0.2) is 85.2 Å². The molecule has 2 heterocycles. The standard InChI is InChI=1S/C23H21N3O2/c1-27-20-10-11-23(28-17-18-7-3-2-4-8-18)21(15-20)22-12-14-25-26(22)16-19-9-5-6-13-24-19/h2-15H,16-17H2,1H3. The van der Waals surface area contributed by atoms with Crippen molar-refractivity contribution in [2.75, 3.05) is 7.11 Å². The van der Waals surface area contributed by atoms with Crippen LogP contribution < -0.4 is 9.47 Å². The minimum Gasteiger partial charge on any atom is -0.497 e. The Balaban J connectivity index is 1.66. The van der Waals surface area contributed by atoms with Gasteiger partial charge in [0, 0.05) is 18.0 Å². The van der Waals surface area contributed by atoms with Crippen LogP contribution in [0.25, 0.3) is 11.3 Å². The first kappa shape index (κ1) is 17.8. The number of hydrogen-bond acceptors (Lipinski definition) is 4. The van der Waals surface area contributed by atoms with Gasteiger partial charge in [-0.3, -0.25) is 9.67 Å². The summed E-state index contributed by atoms with van der Waals surface area (Å²) in [6.07, 6.45) is 3.58. The number of hydrogen-bond donors (Lipinski definition) is 0. The molecule has 2 aromatic carbocycles. The largest absolute Gasteiger partial charge is 0.497 e. The molecule has 0 saturated heterocycles. The fourth-order valence-electron chi connectivity index (χ4n) is 3.03. The quantitative estimate of drug-likeness (QED) is 0.477. The Morgan fingerprint density at radius 3 is 2.54 bits per heavy atom. The summed E-state index contributed by atoms with van der Waals surface area (Å²) in [5.41, 5.74) is 3.95. The molecule has 4 aromatic rings. The van der Waals surface area contributed by atoms with Crippen molar-refractivity contribution in [3.8, 4) is 22.8 Å². The maximum atomic E-state index is 6.14.